The zero-order valence-corrected chi connectivity index (χ0v) is 41.9. The van der Waals surface area contributed by atoms with Gasteiger partial charge in [0.1, 0.15) is 5.92 Å². The van der Waals surface area contributed by atoms with Gasteiger partial charge in [0.15, 0.2) is 30.7 Å². The number of ketones is 1. The van der Waals surface area contributed by atoms with Crippen molar-refractivity contribution in [1.82, 2.24) is 0 Å². The number of carbonyl (C=O) groups is 2. The van der Waals surface area contributed by atoms with Crippen LogP contribution in [0.3, 0.4) is 0 Å². The largest absolute Gasteiger partial charge is 0.465 e. The molecule has 1 unspecified atom stereocenters. The van der Waals surface area contributed by atoms with Crippen molar-refractivity contribution in [2.45, 2.75) is 188 Å². The molecule has 6 nitrogen and oxygen atoms in total. The van der Waals surface area contributed by atoms with Crippen LogP contribution in [0.5, 0.6) is 0 Å². The average molecular weight is 856 g/mol. The Morgan fingerprint density at radius 3 is 1.74 bits per heavy atom. The fourth-order valence-electron chi connectivity index (χ4n) is 5.35. The van der Waals surface area contributed by atoms with Gasteiger partial charge in [0, 0.05) is 16.3 Å². The smallest absolute Gasteiger partial charge is 0.316 e. The van der Waals surface area contributed by atoms with Gasteiger partial charge in [0.25, 0.3) is 0 Å². The lowest BCUT2D eigenvalue weighted by Gasteiger charge is -2.44. The molecular formula is C43H79BrO6Si3. The van der Waals surface area contributed by atoms with Crippen LogP contribution >= 0.6 is 15.9 Å². The first kappa shape index (κ1) is 50.1. The molecule has 0 bridgehead atoms. The van der Waals surface area contributed by atoms with E-state index in [2.05, 4.69) is 162 Å². The number of Topliss-reactive ketones (excluding diaryl/α,β-unsaturated/α-hetero) is 1. The van der Waals surface area contributed by atoms with E-state index in [1.807, 2.05) is 13.0 Å². The fourth-order valence-corrected chi connectivity index (χ4v) is 9.78. The van der Waals surface area contributed by atoms with Crippen LogP contribution in [0.15, 0.2) is 46.5 Å². The lowest BCUT2D eigenvalue weighted by Crippen LogP contribution is -2.49. The molecule has 0 saturated heterocycles. The van der Waals surface area contributed by atoms with Gasteiger partial charge in [0.05, 0.1) is 24.9 Å². The molecule has 0 fully saturated rings. The molecule has 0 radical (unpaired) electrons. The number of hydrogen-bond donors (Lipinski definition) is 0. The van der Waals surface area contributed by atoms with Crippen LogP contribution in [0.4, 0.5) is 0 Å². The second kappa shape index (κ2) is 20.0. The van der Waals surface area contributed by atoms with Gasteiger partial charge in [-0.3, -0.25) is 9.59 Å². The number of hydrogen-bond acceptors (Lipinski definition) is 6. The Kier molecular flexibility index (Phi) is 18.9. The van der Waals surface area contributed by atoms with Crippen molar-refractivity contribution in [3.63, 3.8) is 0 Å². The van der Waals surface area contributed by atoms with Crippen molar-refractivity contribution in [2.24, 2.45) is 17.8 Å². The van der Waals surface area contributed by atoms with Crippen LogP contribution < -0.4 is 0 Å². The standard InChI is InChI=1S/C43H79BrO6Si3/c1-20-47-40(46)35-25-22-26-36(48-51(14,15)41(5,6)7)32(3)37(49-52(16,17)42(8,9)10)30-28-34(44)24-21-23-31(2)27-29-38(33(4)39(35)45)50-53(18,19)43(11,12)13/h22-24,26,28,30,32-33,35-38H,20-21,25,27,29H2,1-19H3/b26-22+,30-28+,31-23+,34-24-/t32-,33-,35?,36+,37-,38+/m1/s1. The van der Waals surface area contributed by atoms with Crippen molar-refractivity contribution < 1.29 is 27.6 Å². The molecule has 1 aliphatic rings. The zero-order valence-electron chi connectivity index (χ0n) is 37.3. The fraction of sp³-hybridized carbons (Fsp3) is 0.767. The molecule has 1 rings (SSSR count). The van der Waals surface area contributed by atoms with Crippen LogP contribution in [0.2, 0.25) is 54.4 Å². The van der Waals surface area contributed by atoms with E-state index in [-0.39, 0.29) is 58.2 Å². The Labute approximate surface area is 337 Å². The number of ether oxygens (including phenoxy) is 1. The quantitative estimate of drug-likeness (QED) is 0.105. The van der Waals surface area contributed by atoms with E-state index in [9.17, 15) is 9.59 Å². The minimum Gasteiger partial charge on any atom is -0.465 e. The van der Waals surface area contributed by atoms with Crippen molar-refractivity contribution in [1.29, 1.82) is 0 Å². The van der Waals surface area contributed by atoms with E-state index in [0.29, 0.717) is 6.42 Å². The first-order valence-electron chi connectivity index (χ1n) is 20.0. The summed E-state index contributed by atoms with van der Waals surface area (Å²) in [4.78, 5) is 28.1. The summed E-state index contributed by atoms with van der Waals surface area (Å²) in [5.41, 5.74) is 1.25. The maximum Gasteiger partial charge on any atom is 0.316 e. The highest BCUT2D eigenvalue weighted by atomic mass is 79.9. The monoisotopic (exact) mass is 854 g/mol. The SMILES string of the molecule is CCOC(=O)C1C/C=C/[C@H](O[Si](C)(C)C(C)(C)C)[C@@H](C)[C@H](O[Si](C)(C)C(C)(C)C)/C=C/C(Br)=C/C/C=C(\C)CC[C@H](O[Si](C)(C)C(C)(C)C)[C@@H](C)C1=O. The summed E-state index contributed by atoms with van der Waals surface area (Å²) in [6.45, 7) is 42.1. The van der Waals surface area contributed by atoms with E-state index in [0.717, 1.165) is 17.3 Å². The van der Waals surface area contributed by atoms with Gasteiger partial charge in [-0.2, -0.15) is 0 Å². The Morgan fingerprint density at radius 1 is 0.792 bits per heavy atom. The molecule has 0 aromatic rings. The minimum atomic E-state index is -2.26. The molecule has 6 atom stereocenters. The van der Waals surface area contributed by atoms with E-state index in [1.54, 1.807) is 6.92 Å². The number of carbonyl (C=O) groups excluding carboxylic acids is 2. The van der Waals surface area contributed by atoms with Gasteiger partial charge in [0.2, 0.25) is 0 Å². The molecule has 0 heterocycles. The molecule has 53 heavy (non-hydrogen) atoms. The summed E-state index contributed by atoms with van der Waals surface area (Å²) in [6.07, 6.45) is 14.5. The predicted molar refractivity (Wildman–Crippen MR) is 237 cm³/mol. The molecule has 0 amide bonds. The van der Waals surface area contributed by atoms with Gasteiger partial charge in [-0.15, -0.1) is 0 Å². The lowest BCUT2D eigenvalue weighted by molar-refractivity contribution is -0.153. The highest BCUT2D eigenvalue weighted by Crippen LogP contribution is 2.42. The molecule has 10 heteroatoms. The molecule has 0 aromatic heterocycles. The number of rotatable bonds is 8. The van der Waals surface area contributed by atoms with Gasteiger partial charge in [-0.25, -0.2) is 0 Å². The lowest BCUT2D eigenvalue weighted by atomic mass is 9.85. The molecule has 0 aliphatic heterocycles. The first-order chi connectivity index (χ1) is 23.9. The topological polar surface area (TPSA) is 71.1 Å². The molecule has 306 valence electrons. The summed E-state index contributed by atoms with van der Waals surface area (Å²) in [7, 11) is -6.70. The van der Waals surface area contributed by atoms with Crippen LogP contribution in [0, 0.1) is 17.8 Å². The van der Waals surface area contributed by atoms with Gasteiger partial charge >= 0.3 is 5.97 Å². The van der Waals surface area contributed by atoms with E-state index in [4.69, 9.17) is 18.0 Å². The average Bonchev–Trinajstić information content (AvgIpc) is 2.99. The summed E-state index contributed by atoms with van der Waals surface area (Å²) in [5, 5.41) is -0.0324. The van der Waals surface area contributed by atoms with Crippen molar-refractivity contribution >= 4 is 52.6 Å². The molecule has 0 aromatic carbocycles. The Balaban J connectivity index is 3.97. The van der Waals surface area contributed by atoms with E-state index < -0.39 is 42.8 Å². The Morgan fingerprint density at radius 2 is 1.26 bits per heavy atom. The second-order valence-corrected chi connectivity index (χ2v) is 35.1. The van der Waals surface area contributed by atoms with Gasteiger partial charge < -0.3 is 18.0 Å². The third kappa shape index (κ3) is 15.2. The number of halogens is 1. The van der Waals surface area contributed by atoms with Crippen LogP contribution in [-0.4, -0.2) is 61.6 Å². The van der Waals surface area contributed by atoms with Crippen molar-refractivity contribution in [3.8, 4) is 0 Å². The molecule has 1 aliphatic carbocycles. The molecule has 0 spiro atoms. The maximum atomic E-state index is 14.5. The Hall–Kier alpha value is -0.889. The van der Waals surface area contributed by atoms with E-state index in [1.165, 1.54) is 5.57 Å². The normalized spacial score (nSPS) is 29.1. The van der Waals surface area contributed by atoms with Gasteiger partial charge in [-0.1, -0.05) is 128 Å². The second-order valence-electron chi connectivity index (χ2n) is 19.9. The van der Waals surface area contributed by atoms with Crippen molar-refractivity contribution in [3.05, 3.63) is 46.5 Å². The summed E-state index contributed by atoms with van der Waals surface area (Å²) >= 11 is 3.82. The van der Waals surface area contributed by atoms with E-state index >= 15 is 0 Å². The zero-order chi connectivity index (χ0) is 41.4. The highest BCUT2D eigenvalue weighted by molar-refractivity contribution is 9.11. The summed E-state index contributed by atoms with van der Waals surface area (Å²) in [5.74, 6) is -2.09. The highest BCUT2D eigenvalue weighted by Gasteiger charge is 2.45. The molecule has 0 N–H and O–H groups in total. The van der Waals surface area contributed by atoms with Gasteiger partial charge in [-0.05, 0) is 100 Å². The number of allylic oxidation sites excluding steroid dienone is 6. The van der Waals surface area contributed by atoms with Crippen LogP contribution in [0.25, 0.3) is 0 Å². The van der Waals surface area contributed by atoms with Crippen LogP contribution in [-0.2, 0) is 27.6 Å². The first-order valence-corrected chi connectivity index (χ1v) is 29.5. The summed E-state index contributed by atoms with van der Waals surface area (Å²) < 4.78 is 27.9. The molecule has 0 saturated carbocycles. The third-order valence-electron chi connectivity index (χ3n) is 12.4. The van der Waals surface area contributed by atoms with Crippen molar-refractivity contribution in [2.75, 3.05) is 6.61 Å². The Bertz CT molecular complexity index is 1330. The minimum absolute atomic E-state index is 0.0160. The summed E-state index contributed by atoms with van der Waals surface area (Å²) in [6, 6.07) is 0. The van der Waals surface area contributed by atoms with Crippen LogP contribution in [0.1, 0.15) is 116 Å². The predicted octanol–water partition coefficient (Wildman–Crippen LogP) is 13.1. The number of esters is 1. The molecular weight excluding hydrogens is 777 g/mol. The third-order valence-corrected chi connectivity index (χ3v) is 26.5. The maximum absolute atomic E-state index is 14.5.